The lowest BCUT2D eigenvalue weighted by Gasteiger charge is -2.28. The molecule has 5 rings (SSSR count). The minimum atomic E-state index is -0.937. The third kappa shape index (κ3) is 3.32. The summed E-state index contributed by atoms with van der Waals surface area (Å²) in [6, 6.07) is 8.67. The fourth-order valence-electron chi connectivity index (χ4n) is 4.74. The topological polar surface area (TPSA) is 58.4 Å². The molecule has 1 amide bonds. The third-order valence-electron chi connectivity index (χ3n) is 6.18. The molecule has 3 aromatic rings. The number of rotatable bonds is 2. The van der Waals surface area contributed by atoms with Gasteiger partial charge in [-0.15, -0.1) is 0 Å². The van der Waals surface area contributed by atoms with Gasteiger partial charge in [0.15, 0.2) is 0 Å². The Morgan fingerprint density at radius 1 is 1.23 bits per heavy atom. The first kappa shape index (κ1) is 20.2. The van der Waals surface area contributed by atoms with Crippen LogP contribution >= 0.6 is 11.6 Å². The van der Waals surface area contributed by atoms with Crippen molar-refractivity contribution in [3.8, 4) is 11.3 Å². The van der Waals surface area contributed by atoms with E-state index in [1.165, 1.54) is 13.0 Å². The normalized spacial score (nSPS) is 20.0. The number of carbonyl (C=O) groups is 1. The Morgan fingerprint density at radius 2 is 2.03 bits per heavy atom. The van der Waals surface area contributed by atoms with Crippen LogP contribution in [0.15, 0.2) is 36.4 Å². The highest BCUT2D eigenvalue weighted by Gasteiger charge is 2.39. The molecule has 0 bridgehead atoms. The summed E-state index contributed by atoms with van der Waals surface area (Å²) in [5, 5.41) is 16.2. The number of carbonyl (C=O) groups excluding carboxylic acids is 1. The number of hydrogen-bond donors (Lipinski definition) is 1. The van der Waals surface area contributed by atoms with Crippen LogP contribution in [-0.2, 0) is 24.2 Å². The first-order chi connectivity index (χ1) is 14.8. The Labute approximate surface area is 182 Å². The van der Waals surface area contributed by atoms with Crippen LogP contribution < -0.4 is 0 Å². The van der Waals surface area contributed by atoms with E-state index < -0.39 is 23.8 Å². The van der Waals surface area contributed by atoms with Crippen molar-refractivity contribution >= 4 is 17.5 Å². The summed E-state index contributed by atoms with van der Waals surface area (Å²) in [6.07, 6.45) is -0.320. The van der Waals surface area contributed by atoms with Gasteiger partial charge in [-0.3, -0.25) is 9.48 Å². The van der Waals surface area contributed by atoms with E-state index in [1.54, 1.807) is 21.7 Å². The Balaban J connectivity index is 1.70. The second-order valence-corrected chi connectivity index (χ2v) is 8.53. The minimum absolute atomic E-state index is 0.0363. The van der Waals surface area contributed by atoms with Crippen LogP contribution in [0, 0.1) is 11.6 Å². The number of aliphatic hydroxyl groups is 1. The van der Waals surface area contributed by atoms with E-state index in [2.05, 4.69) is 0 Å². The first-order valence-electron chi connectivity index (χ1n) is 10.1. The summed E-state index contributed by atoms with van der Waals surface area (Å²) in [7, 11) is 0. The molecule has 0 unspecified atom stereocenters. The van der Waals surface area contributed by atoms with Gasteiger partial charge in [-0.05, 0) is 29.3 Å². The number of fused-ring (bicyclic) bond motifs is 2. The number of benzene rings is 2. The van der Waals surface area contributed by atoms with Gasteiger partial charge in [0.05, 0.1) is 11.8 Å². The molecule has 0 saturated carbocycles. The summed E-state index contributed by atoms with van der Waals surface area (Å²) in [6.45, 7) is 2.41. The quantitative estimate of drug-likeness (QED) is 0.653. The number of nitrogens with zero attached hydrogens (tertiary/aromatic N) is 3. The molecule has 0 radical (unpaired) electrons. The van der Waals surface area contributed by atoms with Crippen molar-refractivity contribution in [1.82, 2.24) is 14.7 Å². The lowest BCUT2D eigenvalue weighted by molar-refractivity contribution is -0.129. The summed E-state index contributed by atoms with van der Waals surface area (Å²) < 4.78 is 30.1. The number of amides is 1. The lowest BCUT2D eigenvalue weighted by Crippen LogP contribution is -2.35. The van der Waals surface area contributed by atoms with E-state index in [0.717, 1.165) is 22.9 Å². The molecule has 2 aliphatic rings. The molecule has 2 aromatic carbocycles. The summed E-state index contributed by atoms with van der Waals surface area (Å²) in [4.78, 5) is 13.8. The van der Waals surface area contributed by atoms with Crippen LogP contribution in [0.5, 0.6) is 0 Å². The van der Waals surface area contributed by atoms with E-state index in [9.17, 15) is 18.7 Å². The maximum absolute atomic E-state index is 14.4. The van der Waals surface area contributed by atoms with Gasteiger partial charge in [-0.2, -0.15) is 5.10 Å². The average molecular weight is 444 g/mol. The van der Waals surface area contributed by atoms with E-state index >= 15 is 0 Å². The van der Waals surface area contributed by atoms with Crippen molar-refractivity contribution in [2.75, 3.05) is 6.54 Å². The molecule has 1 aliphatic carbocycles. The average Bonchev–Trinajstić information content (AvgIpc) is 3.25. The van der Waals surface area contributed by atoms with E-state index in [0.29, 0.717) is 41.4 Å². The second-order valence-electron chi connectivity index (χ2n) is 8.09. The number of halogens is 3. The maximum Gasteiger partial charge on any atom is 0.219 e. The van der Waals surface area contributed by atoms with Gasteiger partial charge < -0.3 is 10.0 Å². The first-order valence-corrected chi connectivity index (χ1v) is 10.5. The van der Waals surface area contributed by atoms with Gasteiger partial charge in [-0.25, -0.2) is 8.78 Å². The highest BCUT2D eigenvalue weighted by Crippen LogP contribution is 2.40. The van der Waals surface area contributed by atoms with Gasteiger partial charge in [0.1, 0.15) is 17.7 Å². The molecule has 0 spiro atoms. The molecule has 5 nitrogen and oxygen atoms in total. The third-order valence-corrected chi connectivity index (χ3v) is 6.42. The van der Waals surface area contributed by atoms with Gasteiger partial charge in [0, 0.05) is 60.8 Å². The molecule has 1 aromatic heterocycles. The Bertz CT molecular complexity index is 1210. The van der Waals surface area contributed by atoms with Crippen LogP contribution in [0.4, 0.5) is 8.78 Å². The van der Waals surface area contributed by atoms with E-state index in [-0.39, 0.29) is 12.3 Å². The predicted octanol–water partition coefficient (Wildman–Crippen LogP) is 3.89. The van der Waals surface area contributed by atoms with Crippen molar-refractivity contribution in [2.24, 2.45) is 0 Å². The molecule has 1 N–H and O–H groups in total. The Hall–Kier alpha value is -2.77. The van der Waals surface area contributed by atoms with Crippen molar-refractivity contribution in [3.63, 3.8) is 0 Å². The molecule has 2 heterocycles. The molecule has 31 heavy (non-hydrogen) atoms. The summed E-state index contributed by atoms with van der Waals surface area (Å²) in [5.74, 6) is -1.38. The molecule has 8 heteroatoms. The zero-order chi connectivity index (χ0) is 21.9. The SMILES string of the molecule is CC(=O)N1CCc2c(c(-c3cccc(Cl)c3)nn2[C@@H]2c3cc(F)cc(F)c3C[C@H]2O)C1. The molecule has 0 fully saturated rings. The van der Waals surface area contributed by atoms with E-state index in [4.69, 9.17) is 16.7 Å². The number of aliphatic hydroxyl groups excluding tert-OH is 1. The van der Waals surface area contributed by atoms with Crippen LogP contribution in [0.25, 0.3) is 11.3 Å². The molecular weight excluding hydrogens is 424 g/mol. The van der Waals surface area contributed by atoms with Crippen molar-refractivity contribution in [3.05, 3.63) is 75.4 Å². The van der Waals surface area contributed by atoms with Crippen molar-refractivity contribution in [1.29, 1.82) is 0 Å². The highest BCUT2D eigenvalue weighted by molar-refractivity contribution is 6.30. The van der Waals surface area contributed by atoms with Gasteiger partial charge in [0.25, 0.3) is 0 Å². The number of hydrogen-bond acceptors (Lipinski definition) is 3. The molecular formula is C23H20ClF2N3O2. The zero-order valence-corrected chi connectivity index (χ0v) is 17.5. The van der Waals surface area contributed by atoms with Crippen LogP contribution in [0.3, 0.4) is 0 Å². The zero-order valence-electron chi connectivity index (χ0n) is 16.8. The van der Waals surface area contributed by atoms with Gasteiger partial charge >= 0.3 is 0 Å². The van der Waals surface area contributed by atoms with Crippen molar-refractivity contribution < 1.29 is 18.7 Å². The standard InChI is InChI=1S/C23H20ClF2N3O2/c1-12(30)28-6-5-20-18(11-28)22(13-3-2-4-14(24)7-13)27-29(20)23-17-8-15(25)9-19(26)16(17)10-21(23)31/h2-4,7-9,21,23,31H,5-6,10-11H2,1H3/t21-,23-/m1/s1. The maximum atomic E-state index is 14.4. The van der Waals surface area contributed by atoms with Crippen molar-refractivity contribution in [2.45, 2.75) is 38.5 Å². The Morgan fingerprint density at radius 3 is 2.77 bits per heavy atom. The van der Waals surface area contributed by atoms with Crippen LogP contribution in [0.2, 0.25) is 5.02 Å². The van der Waals surface area contributed by atoms with Crippen LogP contribution in [-0.4, -0.2) is 38.3 Å². The predicted molar refractivity (Wildman–Crippen MR) is 112 cm³/mol. The molecule has 160 valence electrons. The fraction of sp³-hybridized carbons (Fsp3) is 0.304. The minimum Gasteiger partial charge on any atom is -0.390 e. The van der Waals surface area contributed by atoms with E-state index in [1.807, 2.05) is 12.1 Å². The molecule has 1 aliphatic heterocycles. The summed E-state index contributed by atoms with van der Waals surface area (Å²) >= 11 is 6.19. The lowest BCUT2D eigenvalue weighted by atomic mass is 10.00. The largest absolute Gasteiger partial charge is 0.390 e. The molecule has 0 saturated heterocycles. The highest BCUT2D eigenvalue weighted by atomic mass is 35.5. The summed E-state index contributed by atoms with van der Waals surface area (Å²) in [5.41, 5.74) is 3.87. The van der Waals surface area contributed by atoms with Gasteiger partial charge in [-0.1, -0.05) is 23.7 Å². The second kappa shape index (κ2) is 7.43. The smallest absolute Gasteiger partial charge is 0.219 e. The monoisotopic (exact) mass is 443 g/mol. The van der Waals surface area contributed by atoms with Crippen LogP contribution in [0.1, 0.15) is 35.3 Å². The fourth-order valence-corrected chi connectivity index (χ4v) is 4.93. The number of aromatic nitrogens is 2. The van der Waals surface area contributed by atoms with Gasteiger partial charge in [0.2, 0.25) is 5.91 Å². The Kier molecular flexibility index (Phi) is 4.83. The molecule has 2 atom stereocenters.